The predicted molar refractivity (Wildman–Crippen MR) is 81.7 cm³/mol. The molecule has 0 aliphatic carbocycles. The van der Waals surface area contributed by atoms with Crippen molar-refractivity contribution in [2.24, 2.45) is 0 Å². The molecule has 1 saturated heterocycles. The van der Waals surface area contributed by atoms with Gasteiger partial charge in [-0.25, -0.2) is 4.79 Å². The van der Waals surface area contributed by atoms with Crippen molar-refractivity contribution >= 4 is 20.2 Å². The molecule has 1 fully saturated rings. The Morgan fingerprint density at radius 1 is 1.05 bits per heavy atom. The van der Waals surface area contributed by atoms with Crippen LogP contribution >= 0.6 is 0 Å². The molecule has 0 aromatic heterocycles. The monoisotopic (exact) mass is 290 g/mol. The minimum absolute atomic E-state index is 0.0717. The summed E-state index contributed by atoms with van der Waals surface area (Å²) in [5.41, 5.74) is 0.270. The molecule has 1 aliphatic rings. The first-order chi connectivity index (χ1) is 9.15. The lowest BCUT2D eigenvalue weighted by molar-refractivity contribution is -0.129. The van der Waals surface area contributed by atoms with Crippen LogP contribution in [-0.2, 0) is 11.3 Å². The van der Waals surface area contributed by atoms with Gasteiger partial charge in [-0.2, -0.15) is 0 Å². The second kappa shape index (κ2) is 4.73. The van der Waals surface area contributed by atoms with E-state index in [1.807, 2.05) is 63.8 Å². The largest absolute Gasteiger partial charge is 0.319 e. The molecule has 0 atom stereocenters. The van der Waals surface area contributed by atoms with Crippen molar-refractivity contribution in [3.63, 3.8) is 0 Å². The van der Waals surface area contributed by atoms with Crippen molar-refractivity contribution in [1.82, 2.24) is 9.47 Å². The zero-order valence-corrected chi connectivity index (χ0v) is 13.8. The molecule has 0 bridgehead atoms. The van der Waals surface area contributed by atoms with Gasteiger partial charge in [-0.15, -0.1) is 0 Å². The molecular formula is C15H22N2O2Si. The SMILES string of the molecule is CC1(C)C(=O)N([Si](C)(C)C)C(=O)N1Cc1ccccc1. The van der Waals surface area contributed by atoms with E-state index in [0.29, 0.717) is 6.54 Å². The highest BCUT2D eigenvalue weighted by Gasteiger charge is 2.54. The van der Waals surface area contributed by atoms with E-state index in [1.165, 1.54) is 4.57 Å². The quantitative estimate of drug-likeness (QED) is 0.634. The van der Waals surface area contributed by atoms with Gasteiger partial charge in [0.15, 0.2) is 8.24 Å². The van der Waals surface area contributed by atoms with Crippen molar-refractivity contribution in [2.45, 2.75) is 45.6 Å². The van der Waals surface area contributed by atoms with E-state index < -0.39 is 13.8 Å². The van der Waals surface area contributed by atoms with Crippen LogP contribution in [0.25, 0.3) is 0 Å². The average Bonchev–Trinajstić information content (AvgIpc) is 2.50. The topological polar surface area (TPSA) is 40.6 Å². The molecule has 4 nitrogen and oxygen atoms in total. The predicted octanol–water partition coefficient (Wildman–Crippen LogP) is 3.06. The Labute approximate surface area is 121 Å². The van der Waals surface area contributed by atoms with Crippen LogP contribution in [0.5, 0.6) is 0 Å². The summed E-state index contributed by atoms with van der Waals surface area (Å²) < 4.78 is 1.51. The number of nitrogens with zero attached hydrogens (tertiary/aromatic N) is 2. The second-order valence-corrected chi connectivity index (χ2v) is 11.5. The standard InChI is InChI=1S/C15H22N2O2Si/c1-15(2)13(18)17(20(3,4)5)14(19)16(15)11-12-9-7-6-8-10-12/h6-10H,11H2,1-5H3. The lowest BCUT2D eigenvalue weighted by Crippen LogP contribution is -2.51. The molecule has 0 unspecified atom stereocenters. The zero-order valence-electron chi connectivity index (χ0n) is 12.8. The van der Waals surface area contributed by atoms with Crippen LogP contribution < -0.4 is 0 Å². The van der Waals surface area contributed by atoms with Gasteiger partial charge in [0, 0.05) is 6.54 Å². The van der Waals surface area contributed by atoms with Crippen molar-refractivity contribution < 1.29 is 9.59 Å². The molecular weight excluding hydrogens is 268 g/mol. The van der Waals surface area contributed by atoms with E-state index in [1.54, 1.807) is 4.90 Å². The maximum Gasteiger partial charge on any atom is 0.319 e. The third kappa shape index (κ3) is 2.38. The third-order valence-corrected chi connectivity index (χ3v) is 5.41. The third-order valence-electron chi connectivity index (χ3n) is 3.68. The van der Waals surface area contributed by atoms with Gasteiger partial charge in [0.25, 0.3) is 0 Å². The van der Waals surface area contributed by atoms with Crippen LogP contribution in [0.3, 0.4) is 0 Å². The second-order valence-electron chi connectivity index (χ2n) is 6.72. The van der Waals surface area contributed by atoms with Gasteiger partial charge in [0.2, 0.25) is 5.91 Å². The lowest BCUT2D eigenvalue weighted by atomic mass is 10.0. The van der Waals surface area contributed by atoms with Crippen molar-refractivity contribution in [3.8, 4) is 0 Å². The van der Waals surface area contributed by atoms with E-state index in [2.05, 4.69) is 0 Å². The van der Waals surface area contributed by atoms with Crippen LogP contribution in [-0.4, -0.2) is 35.2 Å². The number of hydrogen-bond acceptors (Lipinski definition) is 2. The maximum absolute atomic E-state index is 12.6. The summed E-state index contributed by atoms with van der Waals surface area (Å²) in [4.78, 5) is 26.9. The molecule has 1 aliphatic heterocycles. The van der Waals surface area contributed by atoms with Gasteiger partial charge in [-0.1, -0.05) is 50.0 Å². The Hall–Kier alpha value is -1.62. The van der Waals surface area contributed by atoms with E-state index in [0.717, 1.165) is 5.56 Å². The molecule has 1 heterocycles. The lowest BCUT2D eigenvalue weighted by Gasteiger charge is -2.28. The molecule has 0 radical (unpaired) electrons. The highest BCUT2D eigenvalue weighted by atomic mass is 28.3. The minimum Gasteiger partial charge on any atom is -0.306 e. The number of carbonyl (C=O) groups is 2. The van der Waals surface area contributed by atoms with E-state index >= 15 is 0 Å². The summed E-state index contributed by atoms with van der Waals surface area (Å²) in [5.74, 6) is -0.0717. The van der Waals surface area contributed by atoms with Gasteiger partial charge >= 0.3 is 6.03 Å². The van der Waals surface area contributed by atoms with Crippen molar-refractivity contribution in [1.29, 1.82) is 0 Å². The summed E-state index contributed by atoms with van der Waals surface area (Å²) in [6.07, 6.45) is 0. The number of benzene rings is 1. The Balaban J connectivity index is 2.34. The summed E-state index contributed by atoms with van der Waals surface area (Å²) in [6, 6.07) is 9.64. The van der Waals surface area contributed by atoms with Crippen LogP contribution in [0, 0.1) is 0 Å². The average molecular weight is 290 g/mol. The van der Waals surface area contributed by atoms with Crippen LogP contribution in [0.4, 0.5) is 4.79 Å². The van der Waals surface area contributed by atoms with Gasteiger partial charge < -0.3 is 4.90 Å². The number of rotatable bonds is 3. The fraction of sp³-hybridized carbons (Fsp3) is 0.467. The maximum atomic E-state index is 12.6. The first kappa shape index (κ1) is 14.8. The molecule has 1 aromatic carbocycles. The summed E-state index contributed by atoms with van der Waals surface area (Å²) in [5, 5.41) is 0. The van der Waals surface area contributed by atoms with Crippen molar-refractivity contribution in [2.75, 3.05) is 0 Å². The normalized spacial score (nSPS) is 18.9. The Bertz CT molecular complexity index is 535. The minimum atomic E-state index is -2.01. The first-order valence-corrected chi connectivity index (χ1v) is 10.3. The molecule has 0 spiro atoms. The number of amides is 3. The summed E-state index contributed by atoms with van der Waals surface area (Å²) in [7, 11) is -2.01. The molecule has 2 rings (SSSR count). The van der Waals surface area contributed by atoms with Crippen LogP contribution in [0.1, 0.15) is 19.4 Å². The van der Waals surface area contributed by atoms with Crippen molar-refractivity contribution in [3.05, 3.63) is 35.9 Å². The Morgan fingerprint density at radius 2 is 1.60 bits per heavy atom. The number of carbonyl (C=O) groups excluding carboxylic acids is 2. The smallest absolute Gasteiger partial charge is 0.306 e. The summed E-state index contributed by atoms with van der Waals surface area (Å²) >= 11 is 0. The Morgan fingerprint density at radius 3 is 2.05 bits per heavy atom. The molecule has 108 valence electrons. The van der Waals surface area contributed by atoms with E-state index in [-0.39, 0.29) is 11.9 Å². The zero-order chi connectivity index (χ0) is 15.1. The van der Waals surface area contributed by atoms with Crippen LogP contribution in [0.15, 0.2) is 30.3 Å². The first-order valence-electron chi connectivity index (χ1n) is 6.86. The van der Waals surface area contributed by atoms with Gasteiger partial charge in [0.1, 0.15) is 5.54 Å². The van der Waals surface area contributed by atoms with Gasteiger partial charge in [-0.3, -0.25) is 9.36 Å². The summed E-state index contributed by atoms with van der Waals surface area (Å²) in [6.45, 7) is 10.2. The molecule has 20 heavy (non-hydrogen) atoms. The number of imide groups is 1. The molecule has 0 N–H and O–H groups in total. The Kier molecular flexibility index (Phi) is 3.50. The van der Waals surface area contributed by atoms with Crippen LogP contribution in [0.2, 0.25) is 19.6 Å². The molecule has 3 amide bonds. The molecule has 1 aromatic rings. The van der Waals surface area contributed by atoms with E-state index in [9.17, 15) is 9.59 Å². The fourth-order valence-corrected chi connectivity index (χ4v) is 4.04. The molecule has 0 saturated carbocycles. The fourth-order valence-electron chi connectivity index (χ4n) is 2.46. The number of urea groups is 1. The van der Waals surface area contributed by atoms with Gasteiger partial charge in [0.05, 0.1) is 0 Å². The molecule has 5 heteroatoms. The highest BCUT2D eigenvalue weighted by Crippen LogP contribution is 2.32. The van der Waals surface area contributed by atoms with E-state index in [4.69, 9.17) is 0 Å². The number of hydrogen-bond donors (Lipinski definition) is 0. The highest BCUT2D eigenvalue weighted by molar-refractivity contribution is 6.78. The van der Waals surface area contributed by atoms with Gasteiger partial charge in [-0.05, 0) is 19.4 Å².